The summed E-state index contributed by atoms with van der Waals surface area (Å²) in [5.74, 6) is 1.68. The van der Waals surface area contributed by atoms with Gasteiger partial charge in [-0.3, -0.25) is 4.79 Å². The first-order chi connectivity index (χ1) is 11.2. The molecule has 8 nitrogen and oxygen atoms in total. The van der Waals surface area contributed by atoms with Gasteiger partial charge in [-0.2, -0.15) is 4.98 Å². The Balaban J connectivity index is 1.66. The van der Waals surface area contributed by atoms with Gasteiger partial charge in [-0.1, -0.05) is 10.3 Å². The number of hydrogen-bond donors (Lipinski definition) is 1. The van der Waals surface area contributed by atoms with Crippen molar-refractivity contribution in [1.82, 2.24) is 20.6 Å². The van der Waals surface area contributed by atoms with E-state index in [-0.39, 0.29) is 18.1 Å². The van der Waals surface area contributed by atoms with Gasteiger partial charge < -0.3 is 19.1 Å². The van der Waals surface area contributed by atoms with Gasteiger partial charge in [0, 0.05) is 11.6 Å². The first kappa shape index (κ1) is 14.8. The van der Waals surface area contributed by atoms with Gasteiger partial charge in [0.15, 0.2) is 17.3 Å². The highest BCUT2D eigenvalue weighted by Gasteiger charge is 2.14. The van der Waals surface area contributed by atoms with Crippen LogP contribution in [0.4, 0.5) is 0 Å². The Labute approximate surface area is 131 Å². The van der Waals surface area contributed by atoms with E-state index >= 15 is 0 Å². The molecule has 0 bridgehead atoms. The monoisotopic (exact) mass is 314 g/mol. The third-order valence-corrected chi connectivity index (χ3v) is 3.09. The average molecular weight is 314 g/mol. The van der Waals surface area contributed by atoms with Crippen LogP contribution in [0.3, 0.4) is 0 Å². The summed E-state index contributed by atoms with van der Waals surface area (Å²) in [6.07, 6.45) is 0. The van der Waals surface area contributed by atoms with Crippen molar-refractivity contribution < 1.29 is 18.6 Å². The third kappa shape index (κ3) is 3.37. The smallest absolute Gasteiger partial charge is 0.273 e. The number of nitrogens with one attached hydrogen (secondary N) is 1. The van der Waals surface area contributed by atoms with Crippen molar-refractivity contribution in [2.24, 2.45) is 0 Å². The Morgan fingerprint density at radius 1 is 1.22 bits per heavy atom. The Morgan fingerprint density at radius 2 is 2.00 bits per heavy atom. The highest BCUT2D eigenvalue weighted by atomic mass is 16.5. The average Bonchev–Trinajstić information content (AvgIpc) is 3.22. The fourth-order valence-corrected chi connectivity index (χ4v) is 1.93. The van der Waals surface area contributed by atoms with Crippen molar-refractivity contribution in [2.45, 2.75) is 13.5 Å². The number of carbonyl (C=O) groups excluding carboxylic acids is 1. The molecule has 3 rings (SSSR count). The van der Waals surface area contributed by atoms with Gasteiger partial charge in [-0.25, -0.2) is 0 Å². The van der Waals surface area contributed by atoms with Crippen LogP contribution < -0.4 is 10.1 Å². The number of benzene rings is 1. The van der Waals surface area contributed by atoms with Crippen LogP contribution in [0.25, 0.3) is 11.3 Å². The second kappa shape index (κ2) is 6.30. The largest absolute Gasteiger partial charge is 0.497 e. The number of amides is 1. The molecular formula is C15H14N4O4. The van der Waals surface area contributed by atoms with E-state index < -0.39 is 0 Å². The summed E-state index contributed by atoms with van der Waals surface area (Å²) in [5.41, 5.74) is 0.969. The Morgan fingerprint density at radius 3 is 2.65 bits per heavy atom. The zero-order valence-electron chi connectivity index (χ0n) is 12.6. The van der Waals surface area contributed by atoms with Gasteiger partial charge in [0.2, 0.25) is 5.89 Å². The number of ether oxygens (including phenoxy) is 1. The quantitative estimate of drug-likeness (QED) is 0.767. The molecule has 0 unspecified atom stereocenters. The van der Waals surface area contributed by atoms with E-state index in [0.29, 0.717) is 17.5 Å². The number of rotatable bonds is 5. The lowest BCUT2D eigenvalue weighted by Crippen LogP contribution is -2.23. The van der Waals surface area contributed by atoms with E-state index in [1.165, 1.54) is 0 Å². The van der Waals surface area contributed by atoms with Crippen molar-refractivity contribution in [3.63, 3.8) is 0 Å². The summed E-state index contributed by atoms with van der Waals surface area (Å²) in [5, 5.41) is 10.0. The lowest BCUT2D eigenvalue weighted by Gasteiger charge is -1.99. The van der Waals surface area contributed by atoms with Crippen LogP contribution in [-0.2, 0) is 6.54 Å². The molecule has 23 heavy (non-hydrogen) atoms. The summed E-state index contributed by atoms with van der Waals surface area (Å²) in [6.45, 7) is 1.83. The molecule has 8 heteroatoms. The van der Waals surface area contributed by atoms with E-state index in [9.17, 15) is 4.79 Å². The third-order valence-electron chi connectivity index (χ3n) is 3.09. The Hall–Kier alpha value is -3.16. The maximum absolute atomic E-state index is 12.0. The van der Waals surface area contributed by atoms with Crippen molar-refractivity contribution in [3.8, 4) is 17.1 Å². The minimum Gasteiger partial charge on any atom is -0.497 e. The molecule has 1 amide bonds. The second-order valence-electron chi connectivity index (χ2n) is 4.72. The van der Waals surface area contributed by atoms with Crippen molar-refractivity contribution in [2.75, 3.05) is 7.11 Å². The molecule has 1 N–H and O–H groups in total. The first-order valence-corrected chi connectivity index (χ1v) is 6.84. The fraction of sp³-hybridized carbons (Fsp3) is 0.200. The molecule has 0 spiro atoms. The summed E-state index contributed by atoms with van der Waals surface area (Å²) in [6, 6.07) is 8.81. The van der Waals surface area contributed by atoms with Gasteiger partial charge >= 0.3 is 0 Å². The summed E-state index contributed by atoms with van der Waals surface area (Å²) in [4.78, 5) is 16.0. The number of carbonyl (C=O) groups is 1. The lowest BCUT2D eigenvalue weighted by molar-refractivity contribution is 0.0937. The van der Waals surface area contributed by atoms with Crippen LogP contribution >= 0.6 is 0 Å². The highest BCUT2D eigenvalue weighted by molar-refractivity contribution is 5.92. The molecule has 0 saturated carbocycles. The van der Waals surface area contributed by atoms with E-state index in [1.807, 2.05) is 12.1 Å². The molecule has 0 radical (unpaired) electrons. The minimum atomic E-state index is -0.385. The maximum atomic E-state index is 12.0. The van der Waals surface area contributed by atoms with Crippen molar-refractivity contribution in [3.05, 3.63) is 47.7 Å². The molecule has 0 fully saturated rings. The molecule has 0 aliphatic heterocycles. The zero-order chi connectivity index (χ0) is 16.2. The summed E-state index contributed by atoms with van der Waals surface area (Å²) in [7, 11) is 1.59. The van der Waals surface area contributed by atoms with Crippen molar-refractivity contribution >= 4 is 5.91 Å². The molecule has 0 atom stereocenters. The Bertz CT molecular complexity index is 807. The molecule has 2 heterocycles. The standard InChI is InChI=1S/C15H14N4O4/c1-9-17-14(23-18-9)8-16-15(20)12-7-13(22-19-12)10-3-5-11(21-2)6-4-10/h3-7H,8H2,1-2H3,(H,16,20). The number of methoxy groups -OCH3 is 1. The van der Waals surface area contributed by atoms with Gasteiger partial charge in [-0.05, 0) is 31.2 Å². The van der Waals surface area contributed by atoms with Crippen molar-refractivity contribution in [1.29, 1.82) is 0 Å². The van der Waals surface area contributed by atoms with E-state index in [2.05, 4.69) is 20.6 Å². The topological polar surface area (TPSA) is 103 Å². The molecule has 2 aromatic heterocycles. The van der Waals surface area contributed by atoms with Crippen LogP contribution in [0.2, 0.25) is 0 Å². The van der Waals surface area contributed by atoms with E-state index in [4.69, 9.17) is 13.8 Å². The zero-order valence-corrected chi connectivity index (χ0v) is 12.6. The molecule has 0 aliphatic rings. The Kier molecular flexibility index (Phi) is 4.05. The molecule has 0 aliphatic carbocycles. The van der Waals surface area contributed by atoms with Gasteiger partial charge in [0.05, 0.1) is 13.7 Å². The van der Waals surface area contributed by atoms with E-state index in [1.54, 1.807) is 32.2 Å². The normalized spacial score (nSPS) is 10.5. The minimum absolute atomic E-state index is 0.129. The predicted octanol–water partition coefficient (Wildman–Crippen LogP) is 1.97. The van der Waals surface area contributed by atoms with Crippen LogP contribution in [0.5, 0.6) is 5.75 Å². The van der Waals surface area contributed by atoms with Crippen LogP contribution in [0, 0.1) is 6.92 Å². The molecule has 3 aromatic rings. The number of nitrogens with zero attached hydrogens (tertiary/aromatic N) is 3. The summed E-state index contributed by atoms with van der Waals surface area (Å²) >= 11 is 0. The number of aromatic nitrogens is 3. The number of aryl methyl sites for hydroxylation is 1. The van der Waals surface area contributed by atoms with Crippen LogP contribution in [0.1, 0.15) is 22.2 Å². The molecular weight excluding hydrogens is 300 g/mol. The SMILES string of the molecule is COc1ccc(-c2cc(C(=O)NCc3nc(C)no3)no2)cc1. The lowest BCUT2D eigenvalue weighted by atomic mass is 10.1. The van der Waals surface area contributed by atoms with Gasteiger partial charge in [0.25, 0.3) is 5.91 Å². The molecule has 1 aromatic carbocycles. The number of hydrogen-bond acceptors (Lipinski definition) is 7. The second-order valence-corrected chi connectivity index (χ2v) is 4.72. The maximum Gasteiger partial charge on any atom is 0.273 e. The predicted molar refractivity (Wildman–Crippen MR) is 78.7 cm³/mol. The highest BCUT2D eigenvalue weighted by Crippen LogP contribution is 2.23. The van der Waals surface area contributed by atoms with Gasteiger partial charge in [0.1, 0.15) is 5.75 Å². The molecule has 0 saturated heterocycles. The van der Waals surface area contributed by atoms with Gasteiger partial charge in [-0.15, -0.1) is 0 Å². The van der Waals surface area contributed by atoms with E-state index in [0.717, 1.165) is 11.3 Å². The van der Waals surface area contributed by atoms with Crippen LogP contribution in [0.15, 0.2) is 39.4 Å². The van der Waals surface area contributed by atoms with Crippen LogP contribution in [-0.4, -0.2) is 28.3 Å². The fourth-order valence-electron chi connectivity index (χ4n) is 1.93. The first-order valence-electron chi connectivity index (χ1n) is 6.84. The summed E-state index contributed by atoms with van der Waals surface area (Å²) < 4.78 is 15.2. The molecule has 118 valence electrons.